The summed E-state index contributed by atoms with van der Waals surface area (Å²) in [4.78, 5) is 29.0. The number of benzene rings is 2. The summed E-state index contributed by atoms with van der Waals surface area (Å²) in [5, 5.41) is 6.19. The lowest BCUT2D eigenvalue weighted by Gasteiger charge is -2.34. The first kappa shape index (κ1) is 24.3. The lowest BCUT2D eigenvalue weighted by molar-refractivity contribution is -0.111. The SMILES string of the molecule is C=CC(=O)Nc1cccc(-c2cccc3cnc(Nc4ccc(N5CCN(C)CC5)c(F)c4F)nc23)n1. The number of likely N-dealkylation sites (N-methyl/N-ethyl adjacent to an activating group) is 1. The first-order valence-electron chi connectivity index (χ1n) is 11.8. The van der Waals surface area contributed by atoms with Crippen molar-refractivity contribution < 1.29 is 13.6 Å². The minimum absolute atomic E-state index is 0.0560. The van der Waals surface area contributed by atoms with E-state index in [9.17, 15) is 9.18 Å². The summed E-state index contributed by atoms with van der Waals surface area (Å²) in [7, 11) is 2.00. The van der Waals surface area contributed by atoms with Crippen molar-refractivity contribution in [1.82, 2.24) is 19.9 Å². The number of aromatic nitrogens is 3. The van der Waals surface area contributed by atoms with Crippen LogP contribution in [0, 0.1) is 11.6 Å². The highest BCUT2D eigenvalue weighted by molar-refractivity contribution is 5.98. The van der Waals surface area contributed by atoms with Gasteiger partial charge in [-0.3, -0.25) is 4.79 Å². The molecule has 37 heavy (non-hydrogen) atoms. The maximum atomic E-state index is 15.0. The number of anilines is 4. The molecule has 1 aliphatic heterocycles. The molecule has 2 N–H and O–H groups in total. The first-order valence-corrected chi connectivity index (χ1v) is 11.8. The molecule has 8 nitrogen and oxygen atoms in total. The number of fused-ring (bicyclic) bond motifs is 1. The van der Waals surface area contributed by atoms with Crippen LogP contribution in [-0.2, 0) is 4.79 Å². The van der Waals surface area contributed by atoms with Gasteiger partial charge >= 0.3 is 0 Å². The molecule has 0 aliphatic carbocycles. The van der Waals surface area contributed by atoms with Crippen molar-refractivity contribution in [2.75, 3.05) is 48.8 Å². The molecule has 1 saturated heterocycles. The highest BCUT2D eigenvalue weighted by Crippen LogP contribution is 2.31. The van der Waals surface area contributed by atoms with Gasteiger partial charge in [-0.2, -0.15) is 0 Å². The quantitative estimate of drug-likeness (QED) is 0.374. The standard InChI is InChI=1S/C27H25F2N7O/c1-3-23(37)33-22-9-5-8-19(31-22)18-7-4-6-17-16-30-27(34-26(17)18)32-20-10-11-21(25(29)24(20)28)36-14-12-35(2)13-15-36/h3-11,16H,1,12-15H2,2H3,(H,30,32,34)(H,31,33,37). The van der Waals surface area contributed by atoms with Gasteiger partial charge in [0.15, 0.2) is 11.6 Å². The molecule has 1 amide bonds. The van der Waals surface area contributed by atoms with E-state index in [4.69, 9.17) is 0 Å². The van der Waals surface area contributed by atoms with Crippen LogP contribution in [0.1, 0.15) is 0 Å². The predicted molar refractivity (Wildman–Crippen MR) is 141 cm³/mol. The third-order valence-corrected chi connectivity index (χ3v) is 6.22. The Morgan fingerprint density at radius 3 is 2.57 bits per heavy atom. The van der Waals surface area contributed by atoms with Crippen molar-refractivity contribution in [2.24, 2.45) is 0 Å². The third-order valence-electron chi connectivity index (χ3n) is 6.22. The third kappa shape index (κ3) is 5.10. The monoisotopic (exact) mass is 501 g/mol. The number of hydrogen-bond acceptors (Lipinski definition) is 7. The van der Waals surface area contributed by atoms with E-state index in [0.717, 1.165) is 24.6 Å². The van der Waals surface area contributed by atoms with Gasteiger partial charge in [-0.25, -0.2) is 23.7 Å². The number of amides is 1. The highest BCUT2D eigenvalue weighted by Gasteiger charge is 2.22. The number of pyridine rings is 1. The lowest BCUT2D eigenvalue weighted by atomic mass is 10.1. The second-order valence-corrected chi connectivity index (χ2v) is 8.71. The summed E-state index contributed by atoms with van der Waals surface area (Å²) < 4.78 is 30.0. The van der Waals surface area contributed by atoms with E-state index in [2.05, 4.69) is 37.1 Å². The molecule has 0 radical (unpaired) electrons. The Morgan fingerprint density at radius 1 is 1.00 bits per heavy atom. The zero-order valence-electron chi connectivity index (χ0n) is 20.2. The van der Waals surface area contributed by atoms with Gasteiger partial charge < -0.3 is 20.4 Å². The van der Waals surface area contributed by atoms with Gasteiger partial charge in [0.1, 0.15) is 5.82 Å². The lowest BCUT2D eigenvalue weighted by Crippen LogP contribution is -2.44. The summed E-state index contributed by atoms with van der Waals surface area (Å²) >= 11 is 0. The number of nitrogens with one attached hydrogen (secondary N) is 2. The van der Waals surface area contributed by atoms with Crippen molar-refractivity contribution in [1.29, 1.82) is 0 Å². The minimum Gasteiger partial charge on any atom is -0.367 e. The molecule has 0 spiro atoms. The summed E-state index contributed by atoms with van der Waals surface area (Å²) in [6, 6.07) is 13.8. The molecule has 0 saturated carbocycles. The van der Waals surface area contributed by atoms with E-state index in [1.807, 2.05) is 30.1 Å². The topological polar surface area (TPSA) is 86.3 Å². The largest absolute Gasteiger partial charge is 0.367 e. The Morgan fingerprint density at radius 2 is 1.78 bits per heavy atom. The van der Waals surface area contributed by atoms with Crippen LogP contribution in [0.3, 0.4) is 0 Å². The number of carbonyl (C=O) groups excluding carboxylic acids is 1. The second kappa shape index (κ2) is 10.3. The fourth-order valence-corrected chi connectivity index (χ4v) is 4.20. The molecule has 1 aliphatic rings. The van der Waals surface area contributed by atoms with Crippen molar-refractivity contribution in [3.8, 4) is 11.3 Å². The summed E-state index contributed by atoms with van der Waals surface area (Å²) in [5.41, 5.74) is 2.02. The van der Waals surface area contributed by atoms with E-state index in [-0.39, 0.29) is 23.2 Å². The molecule has 2 aromatic carbocycles. The Labute approximate surface area is 212 Å². The average Bonchev–Trinajstić information content (AvgIpc) is 2.92. The molecule has 4 aromatic rings. The molecule has 2 aromatic heterocycles. The molecule has 1 fully saturated rings. The normalized spacial score (nSPS) is 14.0. The van der Waals surface area contributed by atoms with E-state index in [1.54, 1.807) is 30.5 Å². The Kier molecular flexibility index (Phi) is 6.74. The van der Waals surface area contributed by atoms with Gasteiger partial charge in [0.25, 0.3) is 0 Å². The number of halogens is 2. The van der Waals surface area contributed by atoms with Gasteiger partial charge in [-0.1, -0.05) is 30.8 Å². The van der Waals surface area contributed by atoms with Crippen LogP contribution >= 0.6 is 0 Å². The molecular weight excluding hydrogens is 476 g/mol. The maximum absolute atomic E-state index is 15.0. The van der Waals surface area contributed by atoms with Crippen molar-refractivity contribution in [3.63, 3.8) is 0 Å². The Hall–Kier alpha value is -4.44. The van der Waals surface area contributed by atoms with E-state index >= 15 is 4.39 Å². The fraction of sp³-hybridized carbons (Fsp3) is 0.185. The number of para-hydroxylation sites is 1. The molecule has 5 rings (SSSR count). The maximum Gasteiger partial charge on any atom is 0.248 e. The van der Waals surface area contributed by atoms with Gasteiger partial charge in [0.2, 0.25) is 11.9 Å². The van der Waals surface area contributed by atoms with E-state index in [1.165, 1.54) is 6.07 Å². The number of nitrogens with zero attached hydrogens (tertiary/aromatic N) is 5. The Balaban J connectivity index is 1.45. The molecule has 0 unspecified atom stereocenters. The molecule has 188 valence electrons. The van der Waals surface area contributed by atoms with Gasteiger partial charge in [0.05, 0.1) is 22.6 Å². The van der Waals surface area contributed by atoms with Crippen LogP contribution in [0.5, 0.6) is 0 Å². The van der Waals surface area contributed by atoms with Crippen LogP contribution in [0.15, 0.2) is 67.4 Å². The van der Waals surface area contributed by atoms with Gasteiger partial charge in [-0.05, 0) is 37.4 Å². The smallest absolute Gasteiger partial charge is 0.248 e. The van der Waals surface area contributed by atoms with Crippen LogP contribution in [-0.4, -0.2) is 59.0 Å². The zero-order chi connectivity index (χ0) is 25.9. The average molecular weight is 502 g/mol. The number of carbonyl (C=O) groups is 1. The number of rotatable bonds is 6. The van der Waals surface area contributed by atoms with Crippen molar-refractivity contribution in [3.05, 3.63) is 79.0 Å². The fourth-order valence-electron chi connectivity index (χ4n) is 4.20. The van der Waals surface area contributed by atoms with Crippen LogP contribution < -0.4 is 15.5 Å². The molecule has 0 bridgehead atoms. The molecular formula is C27H25F2N7O. The molecule has 0 atom stereocenters. The van der Waals surface area contributed by atoms with Gasteiger partial charge in [0, 0.05) is 43.3 Å². The Bertz CT molecular complexity index is 1490. The highest BCUT2D eigenvalue weighted by atomic mass is 19.2. The second-order valence-electron chi connectivity index (χ2n) is 8.71. The minimum atomic E-state index is -0.985. The molecule has 10 heteroatoms. The molecule has 3 heterocycles. The zero-order valence-corrected chi connectivity index (χ0v) is 20.2. The number of hydrogen-bond donors (Lipinski definition) is 2. The van der Waals surface area contributed by atoms with Crippen LogP contribution in [0.4, 0.5) is 31.9 Å². The van der Waals surface area contributed by atoms with Crippen molar-refractivity contribution >= 4 is 40.0 Å². The van der Waals surface area contributed by atoms with Gasteiger partial charge in [-0.15, -0.1) is 0 Å². The van der Waals surface area contributed by atoms with E-state index in [0.29, 0.717) is 35.7 Å². The first-order chi connectivity index (χ1) is 17.9. The van der Waals surface area contributed by atoms with E-state index < -0.39 is 11.6 Å². The van der Waals surface area contributed by atoms with Crippen LogP contribution in [0.25, 0.3) is 22.2 Å². The summed E-state index contributed by atoms with van der Waals surface area (Å²) in [6.07, 6.45) is 2.77. The summed E-state index contributed by atoms with van der Waals surface area (Å²) in [5.74, 6) is -1.78. The van der Waals surface area contributed by atoms with Crippen LogP contribution in [0.2, 0.25) is 0 Å². The van der Waals surface area contributed by atoms with Crippen molar-refractivity contribution in [2.45, 2.75) is 0 Å². The predicted octanol–water partition coefficient (Wildman–Crippen LogP) is 4.59. The summed E-state index contributed by atoms with van der Waals surface area (Å²) in [6.45, 7) is 6.27. The number of piperazine rings is 1.